The maximum Gasteiger partial charge on any atom is 0.314 e. The van der Waals surface area contributed by atoms with Gasteiger partial charge in [0, 0.05) is 17.8 Å². The molecular formula is C13H22N2O3. The molecule has 0 spiro atoms. The van der Waals surface area contributed by atoms with Crippen LogP contribution in [-0.4, -0.2) is 27.5 Å². The average molecular weight is 254 g/mol. The van der Waals surface area contributed by atoms with E-state index >= 15 is 0 Å². The zero-order valence-electron chi connectivity index (χ0n) is 11.7. The van der Waals surface area contributed by atoms with E-state index in [1.165, 1.54) is 0 Å². The second kappa shape index (κ2) is 5.52. The van der Waals surface area contributed by atoms with Gasteiger partial charge in [0.15, 0.2) is 0 Å². The van der Waals surface area contributed by atoms with Crippen molar-refractivity contribution in [2.45, 2.75) is 46.8 Å². The lowest BCUT2D eigenvalue weighted by atomic mass is 9.84. The molecule has 0 fully saturated rings. The van der Waals surface area contributed by atoms with Gasteiger partial charge in [-0.3, -0.25) is 9.48 Å². The predicted molar refractivity (Wildman–Crippen MR) is 68.0 cm³/mol. The first-order valence-electron chi connectivity index (χ1n) is 6.20. The summed E-state index contributed by atoms with van der Waals surface area (Å²) >= 11 is 0. The van der Waals surface area contributed by atoms with E-state index in [1.54, 1.807) is 37.8 Å². The van der Waals surface area contributed by atoms with Crippen LogP contribution in [0.25, 0.3) is 0 Å². The lowest BCUT2D eigenvalue weighted by Crippen LogP contribution is -2.33. The summed E-state index contributed by atoms with van der Waals surface area (Å²) in [5.74, 6) is -0.408. The minimum absolute atomic E-state index is 0.219. The van der Waals surface area contributed by atoms with E-state index < -0.39 is 17.5 Å². The second-order valence-electron chi connectivity index (χ2n) is 5.19. The average Bonchev–Trinajstić information content (AvgIpc) is 2.77. The van der Waals surface area contributed by atoms with E-state index in [9.17, 15) is 9.90 Å². The number of ether oxygens (including phenoxy) is 1. The number of nitrogens with zero attached hydrogens (tertiary/aromatic N) is 2. The summed E-state index contributed by atoms with van der Waals surface area (Å²) in [6, 6.07) is 0.219. The second-order valence-corrected chi connectivity index (χ2v) is 5.19. The Balaban J connectivity index is 2.90. The van der Waals surface area contributed by atoms with Crippen LogP contribution in [0.4, 0.5) is 0 Å². The molecule has 1 heterocycles. The molecule has 0 amide bonds. The van der Waals surface area contributed by atoms with Gasteiger partial charge in [0.25, 0.3) is 0 Å². The molecule has 0 radical (unpaired) electrons. The number of aromatic nitrogens is 2. The molecular weight excluding hydrogens is 232 g/mol. The highest BCUT2D eigenvalue weighted by Crippen LogP contribution is 2.34. The molecule has 0 aliphatic rings. The lowest BCUT2D eigenvalue weighted by molar-refractivity contribution is -0.160. The van der Waals surface area contributed by atoms with Crippen LogP contribution in [0.1, 0.15) is 52.3 Å². The van der Waals surface area contributed by atoms with E-state index in [1.807, 2.05) is 13.8 Å². The Labute approximate surface area is 108 Å². The third kappa shape index (κ3) is 2.90. The fourth-order valence-corrected chi connectivity index (χ4v) is 1.62. The van der Waals surface area contributed by atoms with Gasteiger partial charge in [0.2, 0.25) is 0 Å². The largest absolute Gasteiger partial charge is 0.465 e. The van der Waals surface area contributed by atoms with Crippen molar-refractivity contribution in [3.05, 3.63) is 18.0 Å². The molecule has 1 atom stereocenters. The summed E-state index contributed by atoms with van der Waals surface area (Å²) in [6.07, 6.45) is 2.42. The summed E-state index contributed by atoms with van der Waals surface area (Å²) in [5, 5.41) is 14.4. The van der Waals surface area contributed by atoms with Crippen molar-refractivity contribution in [1.29, 1.82) is 0 Å². The molecule has 102 valence electrons. The quantitative estimate of drug-likeness (QED) is 0.817. The number of carbonyl (C=O) groups is 1. The zero-order valence-corrected chi connectivity index (χ0v) is 11.7. The van der Waals surface area contributed by atoms with Crippen LogP contribution in [0, 0.1) is 5.41 Å². The van der Waals surface area contributed by atoms with E-state index in [0.29, 0.717) is 12.2 Å². The third-order valence-corrected chi connectivity index (χ3v) is 2.95. The van der Waals surface area contributed by atoms with Gasteiger partial charge in [-0.25, -0.2) is 0 Å². The summed E-state index contributed by atoms with van der Waals surface area (Å²) in [7, 11) is 0. The molecule has 0 aliphatic carbocycles. The standard InChI is InChI=1S/C13H22N2O3/c1-6-18-12(17)13(4,5)11(16)10-7-14-15(8-10)9(2)3/h7-9,11,16H,6H2,1-5H3. The van der Waals surface area contributed by atoms with Crippen LogP contribution in [0.5, 0.6) is 0 Å². The van der Waals surface area contributed by atoms with Gasteiger partial charge >= 0.3 is 5.97 Å². The molecule has 1 aromatic heterocycles. The molecule has 1 N–H and O–H groups in total. The zero-order chi connectivity index (χ0) is 13.9. The van der Waals surface area contributed by atoms with Crippen molar-refractivity contribution in [2.75, 3.05) is 6.61 Å². The number of aliphatic hydroxyl groups is 1. The summed E-state index contributed by atoms with van der Waals surface area (Å²) in [4.78, 5) is 11.8. The Morgan fingerprint density at radius 3 is 2.61 bits per heavy atom. The molecule has 5 heteroatoms. The minimum atomic E-state index is -0.985. The molecule has 1 unspecified atom stereocenters. The van der Waals surface area contributed by atoms with Gasteiger partial charge in [0.1, 0.15) is 0 Å². The Hall–Kier alpha value is -1.36. The monoisotopic (exact) mass is 254 g/mol. The highest BCUT2D eigenvalue weighted by Gasteiger charge is 2.38. The third-order valence-electron chi connectivity index (χ3n) is 2.95. The van der Waals surface area contributed by atoms with Crippen LogP contribution >= 0.6 is 0 Å². The van der Waals surface area contributed by atoms with Crippen molar-refractivity contribution >= 4 is 5.97 Å². The van der Waals surface area contributed by atoms with Crippen LogP contribution in [0.15, 0.2) is 12.4 Å². The van der Waals surface area contributed by atoms with Crippen molar-refractivity contribution in [1.82, 2.24) is 9.78 Å². The number of rotatable bonds is 5. The van der Waals surface area contributed by atoms with Gasteiger partial charge < -0.3 is 9.84 Å². The van der Waals surface area contributed by atoms with Gasteiger partial charge in [-0.05, 0) is 34.6 Å². The first kappa shape index (κ1) is 14.7. The van der Waals surface area contributed by atoms with Gasteiger partial charge in [0.05, 0.1) is 24.3 Å². The fraction of sp³-hybridized carbons (Fsp3) is 0.692. The van der Waals surface area contributed by atoms with E-state index in [2.05, 4.69) is 5.10 Å². The Morgan fingerprint density at radius 1 is 1.56 bits per heavy atom. The molecule has 1 aromatic rings. The molecule has 0 saturated carbocycles. The first-order valence-corrected chi connectivity index (χ1v) is 6.20. The Kier molecular flexibility index (Phi) is 4.51. The lowest BCUT2D eigenvalue weighted by Gasteiger charge is -2.27. The number of esters is 1. The summed E-state index contributed by atoms with van der Waals surface area (Å²) in [6.45, 7) is 9.39. The molecule has 0 saturated heterocycles. The molecule has 0 aliphatic heterocycles. The smallest absolute Gasteiger partial charge is 0.314 e. The number of carbonyl (C=O) groups excluding carboxylic acids is 1. The number of aliphatic hydroxyl groups excluding tert-OH is 1. The van der Waals surface area contributed by atoms with Crippen LogP contribution in [-0.2, 0) is 9.53 Å². The SMILES string of the molecule is CCOC(=O)C(C)(C)C(O)c1cnn(C(C)C)c1. The molecule has 0 bridgehead atoms. The highest BCUT2D eigenvalue weighted by atomic mass is 16.5. The maximum absolute atomic E-state index is 11.8. The normalized spacial score (nSPS) is 13.7. The Bertz CT molecular complexity index is 410. The Morgan fingerprint density at radius 2 is 2.17 bits per heavy atom. The van der Waals surface area contributed by atoms with E-state index in [4.69, 9.17) is 4.74 Å². The predicted octanol–water partition coefficient (Wildman–Crippen LogP) is 2.09. The van der Waals surface area contributed by atoms with Crippen LogP contribution in [0.2, 0.25) is 0 Å². The topological polar surface area (TPSA) is 64.3 Å². The summed E-state index contributed by atoms with van der Waals surface area (Å²) < 4.78 is 6.73. The van der Waals surface area contributed by atoms with Crippen LogP contribution in [0.3, 0.4) is 0 Å². The molecule has 18 heavy (non-hydrogen) atoms. The van der Waals surface area contributed by atoms with Crippen LogP contribution < -0.4 is 0 Å². The van der Waals surface area contributed by atoms with E-state index in [0.717, 1.165) is 0 Å². The fourth-order valence-electron chi connectivity index (χ4n) is 1.62. The van der Waals surface area contributed by atoms with Gasteiger partial charge in [-0.2, -0.15) is 5.10 Å². The highest BCUT2D eigenvalue weighted by molar-refractivity contribution is 5.76. The van der Waals surface area contributed by atoms with Crippen molar-refractivity contribution in [3.63, 3.8) is 0 Å². The van der Waals surface area contributed by atoms with Crippen molar-refractivity contribution < 1.29 is 14.6 Å². The molecule has 5 nitrogen and oxygen atoms in total. The van der Waals surface area contributed by atoms with Crippen molar-refractivity contribution in [3.8, 4) is 0 Å². The minimum Gasteiger partial charge on any atom is -0.465 e. The maximum atomic E-state index is 11.8. The van der Waals surface area contributed by atoms with Gasteiger partial charge in [-0.15, -0.1) is 0 Å². The van der Waals surface area contributed by atoms with E-state index in [-0.39, 0.29) is 6.04 Å². The van der Waals surface area contributed by atoms with Crippen molar-refractivity contribution in [2.24, 2.45) is 5.41 Å². The molecule has 1 rings (SSSR count). The number of hydrogen-bond donors (Lipinski definition) is 1. The number of hydrogen-bond acceptors (Lipinski definition) is 4. The van der Waals surface area contributed by atoms with Gasteiger partial charge in [-0.1, -0.05) is 0 Å². The molecule has 0 aromatic carbocycles. The first-order chi connectivity index (χ1) is 8.30. The summed E-state index contributed by atoms with van der Waals surface area (Å²) in [5.41, 5.74) is -0.359.